The predicted octanol–water partition coefficient (Wildman–Crippen LogP) is 0.876. The number of nitrogens with zero attached hydrogens (tertiary/aromatic N) is 2. The Morgan fingerprint density at radius 1 is 1.36 bits per heavy atom. The zero-order valence-electron chi connectivity index (χ0n) is 16.1. The van der Waals surface area contributed by atoms with Gasteiger partial charge in [0.25, 0.3) is 0 Å². The van der Waals surface area contributed by atoms with E-state index in [4.69, 9.17) is 0 Å². The van der Waals surface area contributed by atoms with Crippen LogP contribution in [0.25, 0.3) is 0 Å². The lowest BCUT2D eigenvalue weighted by Gasteiger charge is -2.45. The molecule has 0 spiro atoms. The van der Waals surface area contributed by atoms with Crippen LogP contribution in [0.15, 0.2) is 29.2 Å². The van der Waals surface area contributed by atoms with Crippen molar-refractivity contribution in [3.05, 3.63) is 29.8 Å². The van der Waals surface area contributed by atoms with Crippen LogP contribution < -0.4 is 5.11 Å². The molecule has 4 rings (SSSR count). The van der Waals surface area contributed by atoms with E-state index in [1.807, 2.05) is 12.1 Å². The van der Waals surface area contributed by atoms with Gasteiger partial charge in [0, 0.05) is 23.3 Å². The number of aliphatic carboxylic acids is 1. The van der Waals surface area contributed by atoms with Crippen LogP contribution in [0.1, 0.15) is 25.3 Å². The lowest BCUT2D eigenvalue weighted by atomic mass is 9.91. The Hall–Kier alpha value is -1.22. The van der Waals surface area contributed by atoms with E-state index < -0.39 is 24.0 Å². The fourth-order valence-electron chi connectivity index (χ4n) is 4.57. The molecule has 3 aliphatic rings. The Kier molecular flexibility index (Phi) is 5.41. The van der Waals surface area contributed by atoms with E-state index >= 15 is 0 Å². The average molecular weight is 423 g/mol. The van der Waals surface area contributed by atoms with Crippen molar-refractivity contribution in [3.63, 3.8) is 0 Å². The van der Waals surface area contributed by atoms with Gasteiger partial charge >= 0.3 is 0 Å². The zero-order valence-corrected chi connectivity index (χ0v) is 17.7. The molecule has 8 heteroatoms. The van der Waals surface area contributed by atoms with E-state index in [1.165, 1.54) is 59.9 Å². The maximum Gasteiger partial charge on any atom is 0.232 e. The topological polar surface area (TPSA) is 80.7 Å². The largest absolute Gasteiger partial charge is 0.548 e. The molecule has 1 aromatic rings. The van der Waals surface area contributed by atoms with Crippen LogP contribution >= 0.6 is 23.5 Å². The fourth-order valence-corrected chi connectivity index (χ4v) is 7.94. The summed E-state index contributed by atoms with van der Waals surface area (Å²) in [7, 11) is 2.30. The summed E-state index contributed by atoms with van der Waals surface area (Å²) in [6.45, 7) is 5.04. The number of fused-ring (bicyclic) bond motifs is 1. The summed E-state index contributed by atoms with van der Waals surface area (Å²) in [5, 5.41) is 21.2. The number of quaternary nitrogens is 1. The van der Waals surface area contributed by atoms with Crippen molar-refractivity contribution >= 4 is 35.4 Å². The molecule has 0 radical (unpaired) electrons. The maximum absolute atomic E-state index is 12.3. The highest BCUT2D eigenvalue weighted by molar-refractivity contribution is 8.17. The van der Waals surface area contributed by atoms with Gasteiger partial charge in [0.2, 0.25) is 5.91 Å². The number of aliphatic hydroxyl groups is 1. The molecule has 1 N–H and O–H groups in total. The number of benzene rings is 1. The van der Waals surface area contributed by atoms with Crippen molar-refractivity contribution in [2.45, 2.75) is 53.3 Å². The van der Waals surface area contributed by atoms with Gasteiger partial charge in [0.15, 0.2) is 0 Å². The van der Waals surface area contributed by atoms with Crippen molar-refractivity contribution < 1.29 is 24.3 Å². The highest BCUT2D eigenvalue weighted by atomic mass is 32.2. The van der Waals surface area contributed by atoms with Crippen molar-refractivity contribution in [1.82, 2.24) is 4.90 Å². The molecule has 2 unspecified atom stereocenters. The third kappa shape index (κ3) is 3.56. The third-order valence-corrected chi connectivity index (χ3v) is 9.08. The summed E-state index contributed by atoms with van der Waals surface area (Å²) < 4.78 is 0.744. The Morgan fingerprint density at radius 2 is 2.00 bits per heavy atom. The first-order valence-corrected chi connectivity index (χ1v) is 11.6. The van der Waals surface area contributed by atoms with E-state index in [9.17, 15) is 19.8 Å². The zero-order chi connectivity index (χ0) is 20.1. The number of rotatable bonds is 6. The molecule has 1 amide bonds. The number of carboxylic acid groups (broad SMARTS) is 1. The molecule has 0 bridgehead atoms. The SMILES string of the molecule is C[C@@H](O)[C@H]1C(=O)N2C(C(=O)[O-])C(Sc3ccc(C[N+]4(C)CCCC4)cc3)S[C@H]12. The van der Waals surface area contributed by atoms with E-state index in [0.717, 1.165) is 15.9 Å². The Balaban J connectivity index is 1.44. The highest BCUT2D eigenvalue weighted by Crippen LogP contribution is 2.53. The third-order valence-electron chi connectivity index (χ3n) is 6.10. The van der Waals surface area contributed by atoms with Gasteiger partial charge in [-0.15, -0.1) is 23.5 Å². The van der Waals surface area contributed by atoms with Gasteiger partial charge in [-0.3, -0.25) is 4.79 Å². The number of carboxylic acids is 1. The van der Waals surface area contributed by atoms with Crippen LogP contribution in [0, 0.1) is 5.92 Å². The summed E-state index contributed by atoms with van der Waals surface area (Å²) >= 11 is 2.91. The van der Waals surface area contributed by atoms with Gasteiger partial charge in [-0.1, -0.05) is 12.1 Å². The predicted molar refractivity (Wildman–Crippen MR) is 107 cm³/mol. The van der Waals surface area contributed by atoms with Gasteiger partial charge < -0.3 is 24.4 Å². The van der Waals surface area contributed by atoms with Gasteiger partial charge in [0.05, 0.1) is 54.1 Å². The van der Waals surface area contributed by atoms with Gasteiger partial charge in [-0.05, 0) is 19.1 Å². The van der Waals surface area contributed by atoms with Crippen LogP contribution in [0.5, 0.6) is 0 Å². The normalized spacial score (nSPS) is 32.1. The number of aliphatic hydroxyl groups excluding tert-OH is 1. The Labute approximate surface area is 173 Å². The van der Waals surface area contributed by atoms with E-state index in [2.05, 4.69) is 19.2 Å². The van der Waals surface area contributed by atoms with Crippen LogP contribution in [-0.2, 0) is 16.1 Å². The molecular weight excluding hydrogens is 396 g/mol. The number of β-lactam (4-membered cyclic amide) rings is 1. The Morgan fingerprint density at radius 3 is 2.57 bits per heavy atom. The summed E-state index contributed by atoms with van der Waals surface area (Å²) in [5.74, 6) is -2.04. The molecule has 5 atom stereocenters. The molecular formula is C20H26N2O4S2. The quantitative estimate of drug-likeness (QED) is 0.541. The smallest absolute Gasteiger partial charge is 0.232 e. The van der Waals surface area contributed by atoms with Crippen molar-refractivity contribution in [2.24, 2.45) is 5.92 Å². The fraction of sp³-hybridized carbons (Fsp3) is 0.600. The van der Waals surface area contributed by atoms with Crippen molar-refractivity contribution in [2.75, 3.05) is 20.1 Å². The van der Waals surface area contributed by atoms with E-state index in [-0.39, 0.29) is 15.9 Å². The number of hydrogen-bond acceptors (Lipinski definition) is 6. The van der Waals surface area contributed by atoms with Gasteiger partial charge in [-0.2, -0.15) is 0 Å². The lowest BCUT2D eigenvalue weighted by Crippen LogP contribution is -2.65. The number of amides is 1. The van der Waals surface area contributed by atoms with Crippen LogP contribution in [-0.4, -0.2) is 68.6 Å². The minimum absolute atomic E-state index is 0.285. The molecule has 0 aliphatic carbocycles. The molecule has 152 valence electrons. The second-order valence-electron chi connectivity index (χ2n) is 8.36. The number of likely N-dealkylation sites (tertiary alicyclic amines) is 1. The number of carbonyl (C=O) groups excluding carboxylic acids is 2. The standard InChI is InChI=1S/C20H26N2O4S2/c1-12(23)15-17(24)21-16(19(25)26)20(28-18(15)21)27-14-7-5-13(6-8-14)11-22(2)9-3-4-10-22/h5-8,12,15-16,18,20,23H,3-4,9-11H2,1-2H3/t12-,15+,16?,18-,20?/m1/s1. The number of carbonyl (C=O) groups is 2. The average Bonchev–Trinajstić information content (AvgIpc) is 3.18. The maximum atomic E-state index is 12.3. The molecule has 6 nitrogen and oxygen atoms in total. The molecule has 3 heterocycles. The van der Waals surface area contributed by atoms with Crippen LogP contribution in [0.3, 0.4) is 0 Å². The minimum atomic E-state index is -1.23. The highest BCUT2D eigenvalue weighted by Gasteiger charge is 2.60. The minimum Gasteiger partial charge on any atom is -0.548 e. The summed E-state index contributed by atoms with van der Waals surface area (Å²) in [5.41, 5.74) is 1.29. The van der Waals surface area contributed by atoms with Crippen LogP contribution in [0.2, 0.25) is 0 Å². The van der Waals surface area contributed by atoms with E-state index in [1.54, 1.807) is 6.92 Å². The van der Waals surface area contributed by atoms with Crippen molar-refractivity contribution in [3.8, 4) is 0 Å². The molecule has 3 fully saturated rings. The summed E-state index contributed by atoms with van der Waals surface area (Å²) in [4.78, 5) is 26.4. The van der Waals surface area contributed by atoms with Crippen LogP contribution in [0.4, 0.5) is 0 Å². The monoisotopic (exact) mass is 422 g/mol. The first-order chi connectivity index (χ1) is 13.3. The van der Waals surface area contributed by atoms with Crippen molar-refractivity contribution in [1.29, 1.82) is 0 Å². The second-order valence-corrected chi connectivity index (χ2v) is 11.1. The molecule has 0 saturated carbocycles. The first kappa shape index (κ1) is 20.1. The number of thioether (sulfide) groups is 2. The number of hydrogen-bond donors (Lipinski definition) is 1. The molecule has 1 aromatic carbocycles. The Bertz CT molecular complexity index is 764. The summed E-state index contributed by atoms with van der Waals surface area (Å²) in [6.07, 6.45) is 1.80. The first-order valence-electron chi connectivity index (χ1n) is 9.75. The lowest BCUT2D eigenvalue weighted by molar-refractivity contribution is -0.910. The molecule has 28 heavy (non-hydrogen) atoms. The molecule has 3 saturated heterocycles. The molecule has 3 aliphatic heterocycles. The summed E-state index contributed by atoms with van der Waals surface area (Å²) in [6, 6.07) is 7.36. The van der Waals surface area contributed by atoms with E-state index in [0.29, 0.717) is 0 Å². The van der Waals surface area contributed by atoms with Gasteiger partial charge in [-0.25, -0.2) is 0 Å². The van der Waals surface area contributed by atoms with Gasteiger partial charge in [0.1, 0.15) is 6.54 Å². The molecule has 0 aromatic heterocycles. The second kappa shape index (κ2) is 7.55.